The molecule has 0 aromatic heterocycles. The SMILES string of the molecule is Cc1ccc(NC[C@H](CCCNC(N)=O)NC(=O)[C@@H](NCCCCCCN2C(=O)C=CC2=O)C(C)C)cc1. The first kappa shape index (κ1) is 30.8. The lowest BCUT2D eigenvalue weighted by molar-refractivity contribution is -0.136. The van der Waals surface area contributed by atoms with Gasteiger partial charge in [0.05, 0.1) is 6.04 Å². The average Bonchev–Trinajstić information content (AvgIpc) is 3.19. The molecule has 2 rings (SSSR count). The van der Waals surface area contributed by atoms with E-state index in [0.717, 1.165) is 31.4 Å². The number of carbonyl (C=O) groups excluding carboxylic acids is 4. The number of carbonyl (C=O) groups is 4. The Morgan fingerprint density at radius 3 is 2.21 bits per heavy atom. The van der Waals surface area contributed by atoms with Crippen LogP contribution in [0.4, 0.5) is 10.5 Å². The first-order valence-electron chi connectivity index (χ1n) is 13.6. The molecule has 0 radical (unpaired) electrons. The van der Waals surface area contributed by atoms with E-state index in [1.807, 2.05) is 45.0 Å². The van der Waals surface area contributed by atoms with Crippen LogP contribution in [0.2, 0.25) is 0 Å². The highest BCUT2D eigenvalue weighted by molar-refractivity contribution is 6.12. The summed E-state index contributed by atoms with van der Waals surface area (Å²) in [5, 5.41) is 12.6. The molecule has 0 saturated carbocycles. The molecule has 0 saturated heterocycles. The number of benzene rings is 1. The molecule has 0 bridgehead atoms. The van der Waals surface area contributed by atoms with E-state index in [-0.39, 0.29) is 35.7 Å². The van der Waals surface area contributed by atoms with Crippen molar-refractivity contribution in [3.05, 3.63) is 42.0 Å². The van der Waals surface area contributed by atoms with Crippen molar-refractivity contribution in [2.24, 2.45) is 11.7 Å². The van der Waals surface area contributed by atoms with E-state index in [1.54, 1.807) is 0 Å². The predicted octanol–water partition coefficient (Wildman–Crippen LogP) is 2.44. The molecule has 10 heteroatoms. The summed E-state index contributed by atoms with van der Waals surface area (Å²) in [5.41, 5.74) is 7.33. The fourth-order valence-corrected chi connectivity index (χ4v) is 4.28. The number of nitrogens with two attached hydrogens (primary N) is 1. The summed E-state index contributed by atoms with van der Waals surface area (Å²) >= 11 is 0. The van der Waals surface area contributed by atoms with Crippen LogP contribution < -0.4 is 27.0 Å². The van der Waals surface area contributed by atoms with E-state index in [1.165, 1.54) is 22.6 Å². The van der Waals surface area contributed by atoms with Crippen molar-refractivity contribution in [1.82, 2.24) is 20.9 Å². The number of unbranched alkanes of at least 4 members (excludes halogenated alkanes) is 3. The van der Waals surface area contributed by atoms with Gasteiger partial charge in [-0.15, -0.1) is 0 Å². The smallest absolute Gasteiger partial charge is 0.312 e. The molecule has 0 unspecified atom stereocenters. The lowest BCUT2D eigenvalue weighted by Crippen LogP contribution is -2.52. The second kappa shape index (κ2) is 16.4. The number of aryl methyl sites for hydroxylation is 1. The standard InChI is InChI=1S/C28H44N6O4/c1-20(2)26(30-16-6-4-5-7-18-34-24(35)14-15-25(34)36)27(37)33-23(9-8-17-31-28(29)38)19-32-22-12-10-21(3)11-13-22/h10-15,20,23,26,30,32H,4-9,16-19H2,1-3H3,(H,33,37)(H3,29,31,38)/t23-,26-/m0/s1. The van der Waals surface area contributed by atoms with E-state index >= 15 is 0 Å². The fraction of sp³-hybridized carbons (Fsp3) is 0.571. The Bertz CT molecular complexity index is 929. The number of hydrogen-bond acceptors (Lipinski definition) is 6. The molecule has 0 fully saturated rings. The summed E-state index contributed by atoms with van der Waals surface area (Å²) < 4.78 is 0. The van der Waals surface area contributed by atoms with E-state index < -0.39 is 6.03 Å². The fourth-order valence-electron chi connectivity index (χ4n) is 4.28. The minimum absolute atomic E-state index is 0.0443. The molecule has 6 N–H and O–H groups in total. The second-order valence-electron chi connectivity index (χ2n) is 10.1. The number of rotatable bonds is 18. The van der Waals surface area contributed by atoms with Gasteiger partial charge in [0.1, 0.15) is 0 Å². The third-order valence-corrected chi connectivity index (χ3v) is 6.50. The van der Waals surface area contributed by atoms with Crippen LogP contribution in [-0.2, 0) is 14.4 Å². The summed E-state index contributed by atoms with van der Waals surface area (Å²) in [6.45, 7) is 8.24. The Hall–Kier alpha value is -3.40. The highest BCUT2D eigenvalue weighted by Crippen LogP contribution is 2.11. The molecule has 1 aliphatic heterocycles. The Morgan fingerprint density at radius 2 is 1.58 bits per heavy atom. The Morgan fingerprint density at radius 1 is 0.921 bits per heavy atom. The predicted molar refractivity (Wildman–Crippen MR) is 149 cm³/mol. The van der Waals surface area contributed by atoms with Crippen LogP contribution in [0.3, 0.4) is 0 Å². The molecule has 2 atom stereocenters. The highest BCUT2D eigenvalue weighted by atomic mass is 16.2. The molecule has 10 nitrogen and oxygen atoms in total. The van der Waals surface area contributed by atoms with Gasteiger partial charge in [-0.3, -0.25) is 19.3 Å². The Labute approximate surface area is 226 Å². The van der Waals surface area contributed by atoms with Gasteiger partial charge in [-0.1, -0.05) is 44.4 Å². The van der Waals surface area contributed by atoms with Gasteiger partial charge in [0, 0.05) is 43.5 Å². The maximum absolute atomic E-state index is 13.2. The number of anilines is 1. The minimum atomic E-state index is -0.553. The van der Waals surface area contributed by atoms with Crippen molar-refractivity contribution < 1.29 is 19.2 Å². The lowest BCUT2D eigenvalue weighted by Gasteiger charge is -2.26. The van der Waals surface area contributed by atoms with E-state index in [9.17, 15) is 19.2 Å². The molecule has 1 aromatic rings. The van der Waals surface area contributed by atoms with Gasteiger partial charge >= 0.3 is 6.03 Å². The van der Waals surface area contributed by atoms with Crippen LogP contribution in [0.1, 0.15) is 57.9 Å². The quantitative estimate of drug-likeness (QED) is 0.146. The van der Waals surface area contributed by atoms with Gasteiger partial charge in [0.25, 0.3) is 11.8 Å². The first-order valence-corrected chi connectivity index (χ1v) is 13.6. The molecule has 38 heavy (non-hydrogen) atoms. The number of hydrogen-bond donors (Lipinski definition) is 5. The lowest BCUT2D eigenvalue weighted by atomic mass is 10.0. The van der Waals surface area contributed by atoms with Gasteiger partial charge in [0.15, 0.2) is 0 Å². The monoisotopic (exact) mass is 528 g/mol. The zero-order valence-corrected chi connectivity index (χ0v) is 22.9. The topological polar surface area (TPSA) is 146 Å². The van der Waals surface area contributed by atoms with Crippen molar-refractivity contribution in [1.29, 1.82) is 0 Å². The Balaban J connectivity index is 1.78. The summed E-state index contributed by atoms with van der Waals surface area (Å²) in [4.78, 5) is 48.7. The van der Waals surface area contributed by atoms with E-state index in [2.05, 4.69) is 21.3 Å². The summed E-state index contributed by atoms with van der Waals surface area (Å²) in [7, 11) is 0. The minimum Gasteiger partial charge on any atom is -0.383 e. The zero-order valence-electron chi connectivity index (χ0n) is 22.9. The first-order chi connectivity index (χ1) is 18.2. The number of amides is 5. The molecule has 210 valence electrons. The van der Waals surface area contributed by atoms with E-state index in [4.69, 9.17) is 5.73 Å². The molecule has 5 amide bonds. The van der Waals surface area contributed by atoms with E-state index in [0.29, 0.717) is 39.0 Å². The normalized spacial score (nSPS) is 14.6. The van der Waals surface area contributed by atoms with Crippen molar-refractivity contribution in [2.75, 3.05) is 31.5 Å². The van der Waals surface area contributed by atoms with Gasteiger partial charge < -0.3 is 27.0 Å². The zero-order chi connectivity index (χ0) is 27.9. The molecule has 0 aliphatic carbocycles. The van der Waals surface area contributed by atoms with Crippen LogP contribution in [0.25, 0.3) is 0 Å². The largest absolute Gasteiger partial charge is 0.383 e. The van der Waals surface area contributed by atoms with Gasteiger partial charge in [-0.25, -0.2) is 4.79 Å². The van der Waals surface area contributed by atoms with Crippen LogP contribution in [0.5, 0.6) is 0 Å². The van der Waals surface area contributed by atoms with Gasteiger partial charge in [-0.05, 0) is 57.2 Å². The number of urea groups is 1. The van der Waals surface area contributed by atoms with Crippen LogP contribution >= 0.6 is 0 Å². The molecule has 1 aliphatic rings. The third-order valence-electron chi connectivity index (χ3n) is 6.50. The van der Waals surface area contributed by atoms with Gasteiger partial charge in [0.2, 0.25) is 5.91 Å². The van der Waals surface area contributed by atoms with Crippen molar-refractivity contribution in [3.63, 3.8) is 0 Å². The molecule has 1 heterocycles. The molecule has 1 aromatic carbocycles. The van der Waals surface area contributed by atoms with Crippen LogP contribution in [0.15, 0.2) is 36.4 Å². The van der Waals surface area contributed by atoms with Crippen molar-refractivity contribution in [2.45, 2.75) is 71.4 Å². The van der Waals surface area contributed by atoms with Crippen LogP contribution in [0, 0.1) is 12.8 Å². The highest BCUT2D eigenvalue weighted by Gasteiger charge is 2.24. The molecular formula is C28H44N6O4. The third kappa shape index (κ3) is 11.3. The number of primary amides is 1. The van der Waals surface area contributed by atoms with Gasteiger partial charge in [-0.2, -0.15) is 0 Å². The summed E-state index contributed by atoms with van der Waals surface area (Å²) in [6, 6.07) is 7.10. The summed E-state index contributed by atoms with van der Waals surface area (Å²) in [5.74, 6) is -0.410. The van der Waals surface area contributed by atoms with Crippen molar-refractivity contribution in [3.8, 4) is 0 Å². The van der Waals surface area contributed by atoms with Crippen LogP contribution in [-0.4, -0.2) is 66.9 Å². The number of nitrogens with one attached hydrogen (secondary N) is 4. The maximum Gasteiger partial charge on any atom is 0.312 e. The molecular weight excluding hydrogens is 484 g/mol. The van der Waals surface area contributed by atoms with Crippen molar-refractivity contribution >= 4 is 29.4 Å². The number of nitrogens with zero attached hydrogens (tertiary/aromatic N) is 1. The Kier molecular flexibility index (Phi) is 13.3. The average molecular weight is 529 g/mol. The maximum atomic E-state index is 13.2. The molecule has 0 spiro atoms. The number of imide groups is 1. The second-order valence-corrected chi connectivity index (χ2v) is 10.1. The summed E-state index contributed by atoms with van der Waals surface area (Å²) in [6.07, 6.45) is 7.51.